The Balaban J connectivity index is 1.17. The summed E-state index contributed by atoms with van der Waals surface area (Å²) in [5, 5.41) is 3.66. The molecular weight excluding hydrogens is 442 g/mol. The Bertz CT molecular complexity index is 1080. The van der Waals surface area contributed by atoms with Crippen LogP contribution < -0.4 is 10.2 Å². The molecule has 3 heterocycles. The topological polar surface area (TPSA) is 48.7 Å². The molecule has 2 saturated heterocycles. The van der Waals surface area contributed by atoms with E-state index in [0.29, 0.717) is 17.6 Å². The molecule has 3 aromatic rings. The van der Waals surface area contributed by atoms with Gasteiger partial charge in [0, 0.05) is 47.0 Å². The van der Waals surface area contributed by atoms with E-state index in [1.54, 1.807) is 17.8 Å². The summed E-state index contributed by atoms with van der Waals surface area (Å²) in [4.78, 5) is 18.7. The normalized spacial score (nSPS) is 20.5. The molecule has 2 aliphatic heterocycles. The molecule has 7 heteroatoms. The van der Waals surface area contributed by atoms with Crippen LogP contribution in [0.3, 0.4) is 0 Å². The average molecular weight is 468 g/mol. The lowest BCUT2D eigenvalue weighted by atomic mass is 10.0. The van der Waals surface area contributed by atoms with Gasteiger partial charge in [-0.3, -0.25) is 4.79 Å². The average Bonchev–Trinajstić information content (AvgIpc) is 3.50. The number of hydrogen-bond acceptors (Lipinski definition) is 5. The van der Waals surface area contributed by atoms with Crippen LogP contribution in [0.15, 0.2) is 70.0 Å². The maximum absolute atomic E-state index is 12.6. The molecule has 0 aliphatic carbocycles. The minimum atomic E-state index is -0.237. The smallest absolute Gasteiger partial charge is 0.291 e. The van der Waals surface area contributed by atoms with E-state index >= 15 is 0 Å². The molecule has 1 amide bonds. The summed E-state index contributed by atoms with van der Waals surface area (Å²) in [5.74, 6) is 2.26. The molecule has 5 nitrogen and oxygen atoms in total. The van der Waals surface area contributed by atoms with Crippen molar-refractivity contribution >= 4 is 40.6 Å². The van der Waals surface area contributed by atoms with Gasteiger partial charge in [-0.25, -0.2) is 0 Å². The molecule has 2 atom stereocenters. The largest absolute Gasteiger partial charge is 0.455 e. The number of amides is 1. The van der Waals surface area contributed by atoms with Crippen molar-refractivity contribution in [2.45, 2.75) is 23.1 Å². The van der Waals surface area contributed by atoms with Gasteiger partial charge < -0.3 is 19.5 Å². The van der Waals surface area contributed by atoms with E-state index in [2.05, 4.69) is 34.3 Å². The molecule has 166 valence electrons. The Kier molecular flexibility index (Phi) is 6.17. The van der Waals surface area contributed by atoms with Crippen molar-refractivity contribution in [2.24, 2.45) is 5.92 Å². The number of likely N-dealkylation sites (N-methyl/N-ethyl adjacent to an activating group) is 1. The number of carbonyl (C=O) groups excluding carboxylic acids is 1. The third-order valence-corrected chi connectivity index (χ3v) is 7.55. The van der Waals surface area contributed by atoms with Gasteiger partial charge in [-0.05, 0) is 80.1 Å². The van der Waals surface area contributed by atoms with Crippen LogP contribution in [-0.4, -0.2) is 43.5 Å². The summed E-state index contributed by atoms with van der Waals surface area (Å²) in [6, 6.07) is 20.0. The molecule has 5 rings (SSSR count). The highest BCUT2D eigenvalue weighted by Crippen LogP contribution is 2.35. The number of nitrogens with one attached hydrogen (secondary N) is 1. The summed E-state index contributed by atoms with van der Waals surface area (Å²) in [7, 11) is 2.20. The lowest BCUT2D eigenvalue weighted by Gasteiger charge is -2.26. The monoisotopic (exact) mass is 467 g/mol. The van der Waals surface area contributed by atoms with Gasteiger partial charge in [0.1, 0.15) is 5.76 Å². The fourth-order valence-electron chi connectivity index (χ4n) is 4.68. The molecule has 2 aliphatic rings. The highest BCUT2D eigenvalue weighted by atomic mass is 35.5. The summed E-state index contributed by atoms with van der Waals surface area (Å²) in [6.07, 6.45) is 1.25. The van der Waals surface area contributed by atoms with Gasteiger partial charge in [0.15, 0.2) is 5.76 Å². The first-order valence-electron chi connectivity index (χ1n) is 10.9. The highest BCUT2D eigenvalue weighted by molar-refractivity contribution is 7.98. The highest BCUT2D eigenvalue weighted by Gasteiger charge is 2.39. The van der Waals surface area contributed by atoms with Gasteiger partial charge in [-0.2, -0.15) is 0 Å². The van der Waals surface area contributed by atoms with Crippen molar-refractivity contribution in [1.82, 2.24) is 4.90 Å². The number of hydrogen-bond donors (Lipinski definition) is 1. The predicted octanol–water partition coefficient (Wildman–Crippen LogP) is 5.62. The van der Waals surface area contributed by atoms with E-state index in [4.69, 9.17) is 16.0 Å². The Morgan fingerprint density at radius 1 is 1.09 bits per heavy atom. The van der Waals surface area contributed by atoms with Crippen molar-refractivity contribution in [3.63, 3.8) is 0 Å². The standard InChI is InChI=1S/C25H26ClN3O2S/c1-28-14-17-12-13-29(23(17)15-28)20-6-4-19(5-7-20)27-25(30)24-11-8-21(31-24)16-32-22-9-2-18(26)3-10-22/h2-11,17,23H,12-16H2,1H3,(H,27,30)/t17-,23+/m0/s1. The molecule has 2 fully saturated rings. The Hall–Kier alpha value is -2.41. The molecule has 0 spiro atoms. The fraction of sp³-hybridized carbons (Fsp3) is 0.320. The minimum absolute atomic E-state index is 0.237. The van der Waals surface area contributed by atoms with E-state index in [-0.39, 0.29) is 5.91 Å². The number of carbonyl (C=O) groups is 1. The number of benzene rings is 2. The molecule has 0 unspecified atom stereocenters. The maximum Gasteiger partial charge on any atom is 0.291 e. The van der Waals surface area contributed by atoms with E-state index in [1.165, 1.54) is 18.7 Å². The zero-order valence-corrected chi connectivity index (χ0v) is 19.5. The zero-order chi connectivity index (χ0) is 22.1. The van der Waals surface area contributed by atoms with Gasteiger partial charge >= 0.3 is 0 Å². The van der Waals surface area contributed by atoms with Crippen LogP contribution in [0.2, 0.25) is 5.02 Å². The molecule has 0 saturated carbocycles. The third-order valence-electron chi connectivity index (χ3n) is 6.27. The fourth-order valence-corrected chi connectivity index (χ4v) is 5.60. The van der Waals surface area contributed by atoms with Crippen LogP contribution in [-0.2, 0) is 5.75 Å². The minimum Gasteiger partial charge on any atom is -0.455 e. The number of anilines is 2. The first-order chi connectivity index (χ1) is 15.5. The van der Waals surface area contributed by atoms with Crippen LogP contribution in [0.5, 0.6) is 0 Å². The van der Waals surface area contributed by atoms with Crippen LogP contribution in [0.4, 0.5) is 11.4 Å². The molecule has 0 radical (unpaired) electrons. The lowest BCUT2D eigenvalue weighted by Crippen LogP contribution is -2.34. The van der Waals surface area contributed by atoms with Crippen LogP contribution in [0.1, 0.15) is 22.7 Å². The van der Waals surface area contributed by atoms with Crippen molar-refractivity contribution in [1.29, 1.82) is 0 Å². The first kappa shape index (κ1) is 21.4. The molecule has 32 heavy (non-hydrogen) atoms. The Morgan fingerprint density at radius 2 is 1.88 bits per heavy atom. The first-order valence-corrected chi connectivity index (χ1v) is 12.3. The van der Waals surface area contributed by atoms with Crippen molar-refractivity contribution < 1.29 is 9.21 Å². The van der Waals surface area contributed by atoms with E-state index in [0.717, 1.165) is 40.4 Å². The Morgan fingerprint density at radius 3 is 2.66 bits per heavy atom. The summed E-state index contributed by atoms with van der Waals surface area (Å²) >= 11 is 7.57. The molecule has 1 aromatic heterocycles. The van der Waals surface area contributed by atoms with Crippen molar-refractivity contribution in [2.75, 3.05) is 36.9 Å². The van der Waals surface area contributed by atoms with Crippen LogP contribution >= 0.6 is 23.4 Å². The zero-order valence-electron chi connectivity index (χ0n) is 18.0. The number of fused-ring (bicyclic) bond motifs is 1. The van der Waals surface area contributed by atoms with E-state index in [1.807, 2.05) is 42.5 Å². The number of halogens is 1. The summed E-state index contributed by atoms with van der Waals surface area (Å²) in [6.45, 7) is 3.43. The van der Waals surface area contributed by atoms with Crippen molar-refractivity contribution in [3.8, 4) is 0 Å². The number of thioether (sulfide) groups is 1. The van der Waals surface area contributed by atoms with E-state index in [9.17, 15) is 4.79 Å². The quantitative estimate of drug-likeness (QED) is 0.477. The second-order valence-corrected chi connectivity index (χ2v) is 10.0. The predicted molar refractivity (Wildman–Crippen MR) is 131 cm³/mol. The number of nitrogens with zero attached hydrogens (tertiary/aromatic N) is 2. The lowest BCUT2D eigenvalue weighted by molar-refractivity contribution is 0.0995. The molecular formula is C25H26ClN3O2S. The van der Waals surface area contributed by atoms with Crippen LogP contribution in [0.25, 0.3) is 0 Å². The van der Waals surface area contributed by atoms with E-state index < -0.39 is 0 Å². The molecule has 2 aromatic carbocycles. The SMILES string of the molecule is CN1C[C@@H]2CCN(c3ccc(NC(=O)c4ccc(CSc5ccc(Cl)cc5)o4)cc3)[C@@H]2C1. The number of likely N-dealkylation sites (tertiary alicyclic amines) is 1. The van der Waals surface area contributed by atoms with Gasteiger partial charge in [-0.15, -0.1) is 11.8 Å². The number of furan rings is 1. The molecule has 0 bridgehead atoms. The van der Waals surface area contributed by atoms with Gasteiger partial charge in [0.05, 0.1) is 5.75 Å². The molecule has 1 N–H and O–H groups in total. The second kappa shape index (κ2) is 9.22. The summed E-state index contributed by atoms with van der Waals surface area (Å²) < 4.78 is 5.75. The maximum atomic E-state index is 12.6. The Labute approximate surface area is 197 Å². The third kappa shape index (κ3) is 4.68. The van der Waals surface area contributed by atoms with Gasteiger partial charge in [-0.1, -0.05) is 11.6 Å². The number of rotatable bonds is 6. The van der Waals surface area contributed by atoms with Crippen LogP contribution in [0, 0.1) is 5.92 Å². The van der Waals surface area contributed by atoms with Gasteiger partial charge in [0.25, 0.3) is 5.91 Å². The second-order valence-electron chi connectivity index (χ2n) is 8.54. The van der Waals surface area contributed by atoms with Gasteiger partial charge in [0.2, 0.25) is 0 Å². The van der Waals surface area contributed by atoms with Crippen molar-refractivity contribution in [3.05, 3.63) is 77.2 Å². The summed E-state index contributed by atoms with van der Waals surface area (Å²) in [5.41, 5.74) is 2.00.